The third-order valence-corrected chi connectivity index (χ3v) is 3.24. The second-order valence-corrected chi connectivity index (χ2v) is 5.06. The van der Waals surface area contributed by atoms with E-state index in [2.05, 4.69) is 36.4 Å². The number of rotatable bonds is 3. The van der Waals surface area contributed by atoms with Gasteiger partial charge in [-0.15, -0.1) is 0 Å². The van der Waals surface area contributed by atoms with Crippen LogP contribution in [0.1, 0.15) is 0 Å². The SMILES string of the molecule is CNc1ccc(-c2nc(-c3cncc(Br)c3)no2)cc1. The summed E-state index contributed by atoms with van der Waals surface area (Å²) >= 11 is 3.37. The molecule has 0 aliphatic heterocycles. The van der Waals surface area contributed by atoms with E-state index in [4.69, 9.17) is 4.52 Å². The Morgan fingerprint density at radius 1 is 1.10 bits per heavy atom. The standard InChI is InChI=1S/C14H11BrN4O/c1-16-12-4-2-9(3-5-12)14-18-13(19-20-14)10-6-11(15)8-17-7-10/h2-8,16H,1H3. The van der Waals surface area contributed by atoms with Crippen LogP contribution in [-0.2, 0) is 0 Å². The van der Waals surface area contributed by atoms with E-state index in [0.29, 0.717) is 11.7 Å². The van der Waals surface area contributed by atoms with Crippen LogP contribution in [0.4, 0.5) is 5.69 Å². The van der Waals surface area contributed by atoms with E-state index in [9.17, 15) is 0 Å². The first-order valence-electron chi connectivity index (χ1n) is 5.99. The van der Waals surface area contributed by atoms with Gasteiger partial charge in [0.2, 0.25) is 5.82 Å². The zero-order chi connectivity index (χ0) is 13.9. The predicted octanol–water partition coefficient (Wildman–Crippen LogP) is 3.60. The topological polar surface area (TPSA) is 63.8 Å². The number of benzene rings is 1. The number of aromatic nitrogens is 3. The van der Waals surface area contributed by atoms with Gasteiger partial charge in [-0.3, -0.25) is 4.98 Å². The summed E-state index contributed by atoms with van der Waals surface area (Å²) in [5, 5.41) is 7.05. The fourth-order valence-corrected chi connectivity index (χ4v) is 2.14. The van der Waals surface area contributed by atoms with E-state index in [0.717, 1.165) is 21.3 Å². The summed E-state index contributed by atoms with van der Waals surface area (Å²) in [6, 6.07) is 9.68. The lowest BCUT2D eigenvalue weighted by Gasteiger charge is -1.99. The van der Waals surface area contributed by atoms with Gasteiger partial charge in [-0.25, -0.2) is 0 Å². The molecule has 0 aliphatic carbocycles. The van der Waals surface area contributed by atoms with Crippen LogP contribution in [0.25, 0.3) is 22.8 Å². The fourth-order valence-electron chi connectivity index (χ4n) is 1.77. The van der Waals surface area contributed by atoms with Crippen LogP contribution >= 0.6 is 15.9 Å². The van der Waals surface area contributed by atoms with Crippen LogP contribution in [0, 0.1) is 0 Å². The molecular formula is C14H11BrN4O. The van der Waals surface area contributed by atoms with Crippen molar-refractivity contribution in [3.63, 3.8) is 0 Å². The van der Waals surface area contributed by atoms with Crippen molar-refractivity contribution >= 4 is 21.6 Å². The molecule has 0 saturated carbocycles. The van der Waals surface area contributed by atoms with Crippen molar-refractivity contribution in [2.75, 3.05) is 12.4 Å². The summed E-state index contributed by atoms with van der Waals surface area (Å²) in [5.41, 5.74) is 2.72. The predicted molar refractivity (Wildman–Crippen MR) is 80.2 cm³/mol. The van der Waals surface area contributed by atoms with E-state index in [-0.39, 0.29) is 0 Å². The Labute approximate surface area is 124 Å². The Bertz CT molecular complexity index is 724. The molecule has 1 N–H and O–H groups in total. The summed E-state index contributed by atoms with van der Waals surface area (Å²) < 4.78 is 6.17. The minimum absolute atomic E-state index is 0.489. The molecule has 5 nitrogen and oxygen atoms in total. The average Bonchev–Trinajstić information content (AvgIpc) is 2.97. The summed E-state index contributed by atoms with van der Waals surface area (Å²) in [4.78, 5) is 8.48. The molecule has 2 heterocycles. The van der Waals surface area contributed by atoms with Gasteiger partial charge in [-0.1, -0.05) is 5.16 Å². The van der Waals surface area contributed by atoms with Gasteiger partial charge in [0.25, 0.3) is 5.89 Å². The van der Waals surface area contributed by atoms with E-state index in [1.165, 1.54) is 0 Å². The molecule has 0 bridgehead atoms. The largest absolute Gasteiger partial charge is 0.388 e. The average molecular weight is 331 g/mol. The molecular weight excluding hydrogens is 320 g/mol. The summed E-state index contributed by atoms with van der Waals surface area (Å²) in [7, 11) is 1.88. The van der Waals surface area contributed by atoms with Gasteiger partial charge in [-0.2, -0.15) is 4.98 Å². The first-order chi connectivity index (χ1) is 9.76. The van der Waals surface area contributed by atoms with Crippen molar-refractivity contribution in [3.05, 3.63) is 47.2 Å². The Balaban J connectivity index is 1.93. The molecule has 0 amide bonds. The molecule has 0 aliphatic rings. The van der Waals surface area contributed by atoms with E-state index < -0.39 is 0 Å². The molecule has 0 atom stereocenters. The third kappa shape index (κ3) is 2.55. The number of nitrogens with one attached hydrogen (secondary N) is 1. The first-order valence-corrected chi connectivity index (χ1v) is 6.78. The van der Waals surface area contributed by atoms with Crippen LogP contribution in [0.3, 0.4) is 0 Å². The van der Waals surface area contributed by atoms with Gasteiger partial charge >= 0.3 is 0 Å². The zero-order valence-electron chi connectivity index (χ0n) is 10.7. The zero-order valence-corrected chi connectivity index (χ0v) is 12.3. The molecule has 100 valence electrons. The third-order valence-electron chi connectivity index (χ3n) is 2.81. The van der Waals surface area contributed by atoms with Crippen LogP contribution < -0.4 is 5.32 Å². The highest BCUT2D eigenvalue weighted by Gasteiger charge is 2.11. The second-order valence-electron chi connectivity index (χ2n) is 4.14. The molecule has 0 fully saturated rings. The highest BCUT2D eigenvalue weighted by Crippen LogP contribution is 2.24. The minimum Gasteiger partial charge on any atom is -0.388 e. The van der Waals surface area contributed by atoms with Crippen molar-refractivity contribution in [1.29, 1.82) is 0 Å². The normalized spacial score (nSPS) is 10.5. The quantitative estimate of drug-likeness (QED) is 0.794. The van der Waals surface area contributed by atoms with Crippen LogP contribution in [-0.4, -0.2) is 22.2 Å². The molecule has 0 radical (unpaired) electrons. The van der Waals surface area contributed by atoms with Crippen LogP contribution in [0.2, 0.25) is 0 Å². The monoisotopic (exact) mass is 330 g/mol. The molecule has 0 unspecified atom stereocenters. The highest BCUT2D eigenvalue weighted by molar-refractivity contribution is 9.10. The number of anilines is 1. The number of hydrogen-bond acceptors (Lipinski definition) is 5. The maximum absolute atomic E-state index is 5.29. The Hall–Kier alpha value is -2.21. The van der Waals surface area contributed by atoms with Crippen LogP contribution in [0.5, 0.6) is 0 Å². The lowest BCUT2D eigenvalue weighted by Crippen LogP contribution is -1.87. The van der Waals surface area contributed by atoms with E-state index in [1.807, 2.05) is 37.4 Å². The lowest BCUT2D eigenvalue weighted by atomic mass is 10.2. The Morgan fingerprint density at radius 2 is 1.90 bits per heavy atom. The van der Waals surface area contributed by atoms with Gasteiger partial charge in [0.05, 0.1) is 0 Å². The van der Waals surface area contributed by atoms with Gasteiger partial charge < -0.3 is 9.84 Å². The first kappa shape index (κ1) is 12.8. The minimum atomic E-state index is 0.489. The van der Waals surface area contributed by atoms with Gasteiger partial charge in [0, 0.05) is 40.7 Å². The smallest absolute Gasteiger partial charge is 0.258 e. The van der Waals surface area contributed by atoms with Gasteiger partial charge in [-0.05, 0) is 46.3 Å². The number of halogens is 1. The maximum Gasteiger partial charge on any atom is 0.258 e. The molecule has 1 aromatic carbocycles. The van der Waals surface area contributed by atoms with E-state index in [1.54, 1.807) is 12.4 Å². The van der Waals surface area contributed by atoms with Gasteiger partial charge in [0.1, 0.15) is 0 Å². The molecule has 6 heteroatoms. The number of hydrogen-bond donors (Lipinski definition) is 1. The molecule has 3 aromatic rings. The highest BCUT2D eigenvalue weighted by atomic mass is 79.9. The Morgan fingerprint density at radius 3 is 2.60 bits per heavy atom. The lowest BCUT2D eigenvalue weighted by molar-refractivity contribution is 0.432. The van der Waals surface area contributed by atoms with E-state index >= 15 is 0 Å². The summed E-state index contributed by atoms with van der Waals surface area (Å²) in [6.45, 7) is 0. The molecule has 3 rings (SSSR count). The maximum atomic E-state index is 5.29. The van der Waals surface area contributed by atoms with Crippen molar-refractivity contribution < 1.29 is 4.52 Å². The van der Waals surface area contributed by atoms with Crippen molar-refractivity contribution in [3.8, 4) is 22.8 Å². The molecule has 0 saturated heterocycles. The molecule has 20 heavy (non-hydrogen) atoms. The van der Waals surface area contributed by atoms with Crippen molar-refractivity contribution in [2.45, 2.75) is 0 Å². The molecule has 2 aromatic heterocycles. The summed E-state index contributed by atoms with van der Waals surface area (Å²) in [5.74, 6) is 1.01. The fraction of sp³-hybridized carbons (Fsp3) is 0.0714. The number of nitrogens with zero attached hydrogens (tertiary/aromatic N) is 3. The Kier molecular flexibility index (Phi) is 3.47. The van der Waals surface area contributed by atoms with Crippen molar-refractivity contribution in [1.82, 2.24) is 15.1 Å². The number of pyridine rings is 1. The van der Waals surface area contributed by atoms with Gasteiger partial charge in [0.15, 0.2) is 0 Å². The van der Waals surface area contributed by atoms with Crippen LogP contribution in [0.15, 0.2) is 51.7 Å². The van der Waals surface area contributed by atoms with Crippen molar-refractivity contribution in [2.24, 2.45) is 0 Å². The summed E-state index contributed by atoms with van der Waals surface area (Å²) in [6.07, 6.45) is 3.41. The second kappa shape index (κ2) is 5.42. The molecule has 0 spiro atoms.